The molecule has 0 aliphatic heterocycles. The Balaban J connectivity index is 1.90. The van der Waals surface area contributed by atoms with E-state index in [1.165, 1.54) is 5.56 Å². The van der Waals surface area contributed by atoms with E-state index >= 15 is 0 Å². The van der Waals surface area contributed by atoms with Gasteiger partial charge in [-0.3, -0.25) is 4.79 Å². The Kier molecular flexibility index (Phi) is 8.90. The van der Waals surface area contributed by atoms with Gasteiger partial charge in [0.15, 0.2) is 16.6 Å². The molecule has 0 atom stereocenters. The fraction of sp³-hybridized carbons (Fsp3) is 0.385. The quantitative estimate of drug-likeness (QED) is 0.415. The standard InChI is InChI=1S/C26H34N4O3S/c1-6-29(7-2)12-13-30(26(34)27-21-10-8-18(3)9-11-21)17-20-14-19-15-23(32-4)24(33-5)16-22(19)28-25(20)31/h8-11,14-16H,6-7,12-13,17H2,1-5H3,(H,27,34)(H,28,31). The van der Waals surface area contributed by atoms with Crippen molar-refractivity contribution in [1.82, 2.24) is 14.8 Å². The van der Waals surface area contributed by atoms with Gasteiger partial charge in [-0.05, 0) is 56.5 Å². The zero-order chi connectivity index (χ0) is 24.7. The molecule has 7 nitrogen and oxygen atoms in total. The van der Waals surface area contributed by atoms with Gasteiger partial charge in [-0.25, -0.2) is 0 Å². The Labute approximate surface area is 206 Å². The molecule has 34 heavy (non-hydrogen) atoms. The molecule has 0 saturated carbocycles. The largest absolute Gasteiger partial charge is 0.493 e. The number of benzene rings is 2. The van der Waals surface area contributed by atoms with Crippen LogP contribution in [0.5, 0.6) is 11.5 Å². The molecule has 8 heteroatoms. The number of thiocarbonyl (C=S) groups is 1. The molecule has 182 valence electrons. The zero-order valence-electron chi connectivity index (χ0n) is 20.6. The molecular weight excluding hydrogens is 448 g/mol. The van der Waals surface area contributed by atoms with Crippen LogP contribution in [0.1, 0.15) is 25.0 Å². The van der Waals surface area contributed by atoms with Gasteiger partial charge >= 0.3 is 0 Å². The Hall–Kier alpha value is -3.10. The minimum atomic E-state index is -0.148. The highest BCUT2D eigenvalue weighted by atomic mass is 32.1. The maximum absolute atomic E-state index is 13.0. The smallest absolute Gasteiger partial charge is 0.253 e. The molecule has 3 rings (SSSR count). The summed E-state index contributed by atoms with van der Waals surface area (Å²) in [6.07, 6.45) is 0. The minimum absolute atomic E-state index is 0.148. The van der Waals surface area contributed by atoms with E-state index in [2.05, 4.69) is 36.0 Å². The summed E-state index contributed by atoms with van der Waals surface area (Å²) in [6, 6.07) is 13.6. The van der Waals surface area contributed by atoms with E-state index in [1.54, 1.807) is 20.3 Å². The number of nitrogens with one attached hydrogen (secondary N) is 2. The van der Waals surface area contributed by atoms with Crippen LogP contribution in [0, 0.1) is 6.92 Å². The lowest BCUT2D eigenvalue weighted by Crippen LogP contribution is -2.41. The predicted molar refractivity (Wildman–Crippen MR) is 143 cm³/mol. The number of ether oxygens (including phenoxy) is 2. The van der Waals surface area contributed by atoms with Crippen molar-refractivity contribution in [3.8, 4) is 11.5 Å². The van der Waals surface area contributed by atoms with Crippen molar-refractivity contribution in [2.45, 2.75) is 27.3 Å². The van der Waals surface area contributed by atoms with Gasteiger partial charge < -0.3 is 29.6 Å². The zero-order valence-corrected chi connectivity index (χ0v) is 21.4. The topological polar surface area (TPSA) is 69.8 Å². The Morgan fingerprint density at radius 2 is 1.65 bits per heavy atom. The van der Waals surface area contributed by atoms with Gasteiger partial charge in [0.25, 0.3) is 5.56 Å². The summed E-state index contributed by atoms with van der Waals surface area (Å²) >= 11 is 5.77. The molecule has 2 aromatic carbocycles. The van der Waals surface area contributed by atoms with Crippen LogP contribution < -0.4 is 20.3 Å². The van der Waals surface area contributed by atoms with Crippen LogP contribution in [0.25, 0.3) is 10.9 Å². The summed E-state index contributed by atoms with van der Waals surface area (Å²) in [4.78, 5) is 20.3. The number of hydrogen-bond donors (Lipinski definition) is 2. The molecule has 0 fully saturated rings. The average molecular weight is 483 g/mol. The lowest BCUT2D eigenvalue weighted by atomic mass is 10.1. The van der Waals surface area contributed by atoms with E-state index < -0.39 is 0 Å². The highest BCUT2D eigenvalue weighted by Gasteiger charge is 2.16. The molecule has 1 heterocycles. The molecule has 0 bridgehead atoms. The summed E-state index contributed by atoms with van der Waals surface area (Å²) in [5, 5.41) is 4.78. The van der Waals surface area contributed by atoms with E-state index in [9.17, 15) is 4.79 Å². The SMILES string of the molecule is CCN(CC)CCN(Cc1cc2cc(OC)c(OC)cc2[nH]c1=O)C(=S)Nc1ccc(C)cc1. The van der Waals surface area contributed by atoms with Gasteiger partial charge in [-0.15, -0.1) is 0 Å². The first-order valence-electron chi connectivity index (χ1n) is 11.5. The van der Waals surface area contributed by atoms with Gasteiger partial charge in [-0.2, -0.15) is 0 Å². The number of methoxy groups -OCH3 is 2. The second-order valence-electron chi connectivity index (χ2n) is 8.16. The predicted octanol–water partition coefficient (Wildman–Crippen LogP) is 4.39. The van der Waals surface area contributed by atoms with Crippen molar-refractivity contribution in [1.29, 1.82) is 0 Å². The van der Waals surface area contributed by atoms with Gasteiger partial charge in [0.2, 0.25) is 0 Å². The number of likely N-dealkylation sites (N-methyl/N-ethyl adjacent to an activating group) is 1. The van der Waals surface area contributed by atoms with Crippen molar-refractivity contribution >= 4 is 33.9 Å². The summed E-state index contributed by atoms with van der Waals surface area (Å²) in [5.74, 6) is 1.19. The van der Waals surface area contributed by atoms with E-state index in [1.807, 2.05) is 41.3 Å². The molecule has 0 unspecified atom stereocenters. The number of hydrogen-bond acceptors (Lipinski definition) is 5. The van der Waals surface area contributed by atoms with Gasteiger partial charge in [0, 0.05) is 35.8 Å². The molecule has 0 aliphatic carbocycles. The molecule has 0 aliphatic rings. The second kappa shape index (κ2) is 11.9. The fourth-order valence-electron chi connectivity index (χ4n) is 3.80. The molecule has 2 N–H and O–H groups in total. The Bertz CT molecular complexity index is 1170. The van der Waals surface area contributed by atoms with Crippen LogP contribution in [0.15, 0.2) is 47.3 Å². The number of aryl methyl sites for hydroxylation is 1. The number of fused-ring (bicyclic) bond motifs is 1. The van der Waals surface area contributed by atoms with Crippen molar-refractivity contribution in [2.75, 3.05) is 45.7 Å². The minimum Gasteiger partial charge on any atom is -0.493 e. The second-order valence-corrected chi connectivity index (χ2v) is 8.55. The van der Waals surface area contributed by atoms with Gasteiger partial charge in [0.05, 0.1) is 26.3 Å². The first-order valence-corrected chi connectivity index (χ1v) is 11.9. The molecular formula is C26H34N4O3S. The number of pyridine rings is 1. The number of aromatic amines is 1. The van der Waals surface area contributed by atoms with Crippen molar-refractivity contribution in [2.24, 2.45) is 0 Å². The van der Waals surface area contributed by atoms with Crippen molar-refractivity contribution in [3.05, 3.63) is 63.9 Å². The third-order valence-corrected chi connectivity index (χ3v) is 6.32. The van der Waals surface area contributed by atoms with E-state index in [0.717, 1.165) is 30.7 Å². The third-order valence-electron chi connectivity index (χ3n) is 5.96. The monoisotopic (exact) mass is 482 g/mol. The summed E-state index contributed by atoms with van der Waals surface area (Å²) in [6.45, 7) is 10.2. The number of anilines is 1. The summed E-state index contributed by atoms with van der Waals surface area (Å²) in [5.41, 5.74) is 3.29. The van der Waals surface area contributed by atoms with E-state index in [0.29, 0.717) is 40.8 Å². The average Bonchev–Trinajstić information content (AvgIpc) is 2.84. The van der Waals surface area contributed by atoms with Crippen LogP contribution in [0.2, 0.25) is 0 Å². The number of rotatable bonds is 10. The number of aromatic nitrogens is 1. The maximum atomic E-state index is 13.0. The normalized spacial score (nSPS) is 11.0. The van der Waals surface area contributed by atoms with Crippen LogP contribution in [-0.2, 0) is 6.54 Å². The van der Waals surface area contributed by atoms with E-state index in [4.69, 9.17) is 21.7 Å². The maximum Gasteiger partial charge on any atom is 0.253 e. The van der Waals surface area contributed by atoms with Crippen LogP contribution >= 0.6 is 12.2 Å². The fourth-order valence-corrected chi connectivity index (χ4v) is 4.07. The highest BCUT2D eigenvalue weighted by molar-refractivity contribution is 7.80. The third kappa shape index (κ3) is 6.27. The molecule has 0 saturated heterocycles. The summed E-state index contributed by atoms with van der Waals surface area (Å²) in [7, 11) is 3.17. The van der Waals surface area contributed by atoms with Crippen LogP contribution in [-0.4, -0.2) is 60.3 Å². The Morgan fingerprint density at radius 3 is 2.26 bits per heavy atom. The number of H-pyrrole nitrogens is 1. The number of nitrogens with zero attached hydrogens (tertiary/aromatic N) is 2. The van der Waals surface area contributed by atoms with Crippen molar-refractivity contribution < 1.29 is 9.47 Å². The van der Waals surface area contributed by atoms with E-state index in [-0.39, 0.29) is 5.56 Å². The van der Waals surface area contributed by atoms with Gasteiger partial charge in [0.1, 0.15) is 0 Å². The highest BCUT2D eigenvalue weighted by Crippen LogP contribution is 2.31. The lowest BCUT2D eigenvalue weighted by molar-refractivity contribution is 0.266. The molecule has 0 spiro atoms. The Morgan fingerprint density at radius 1 is 1.00 bits per heavy atom. The van der Waals surface area contributed by atoms with Crippen molar-refractivity contribution in [3.63, 3.8) is 0 Å². The van der Waals surface area contributed by atoms with Crippen LogP contribution in [0.3, 0.4) is 0 Å². The molecule has 1 aromatic heterocycles. The molecule has 0 amide bonds. The molecule has 3 aromatic rings. The van der Waals surface area contributed by atoms with Gasteiger partial charge in [-0.1, -0.05) is 31.5 Å². The lowest BCUT2D eigenvalue weighted by Gasteiger charge is -2.29. The first kappa shape index (κ1) is 25.5. The summed E-state index contributed by atoms with van der Waals surface area (Å²) < 4.78 is 10.8. The van der Waals surface area contributed by atoms with Crippen LogP contribution in [0.4, 0.5) is 5.69 Å². The first-order chi connectivity index (χ1) is 16.4. The molecule has 0 radical (unpaired) electrons.